The summed E-state index contributed by atoms with van der Waals surface area (Å²) in [5.74, 6) is 0.777. The fourth-order valence-corrected chi connectivity index (χ4v) is 2.43. The van der Waals surface area contributed by atoms with Gasteiger partial charge in [0, 0.05) is 19.3 Å². The maximum atomic E-state index is 5.79. The molecule has 1 saturated carbocycles. The fourth-order valence-electron chi connectivity index (χ4n) is 2.43. The van der Waals surface area contributed by atoms with Gasteiger partial charge in [-0.25, -0.2) is 0 Å². The van der Waals surface area contributed by atoms with Gasteiger partial charge in [-0.05, 0) is 36.5 Å². The third-order valence-electron chi connectivity index (χ3n) is 3.44. The molecule has 2 rings (SSSR count). The Labute approximate surface area is 103 Å². The van der Waals surface area contributed by atoms with Crippen molar-refractivity contribution in [2.24, 2.45) is 11.7 Å². The number of aromatic nitrogens is 1. The second-order valence-corrected chi connectivity index (χ2v) is 4.88. The van der Waals surface area contributed by atoms with Crippen LogP contribution in [0.1, 0.15) is 43.4 Å². The highest BCUT2D eigenvalue weighted by Gasteiger charge is 2.13. The molecule has 1 aliphatic carbocycles. The summed E-state index contributed by atoms with van der Waals surface area (Å²) in [6.07, 6.45) is 8.64. The van der Waals surface area contributed by atoms with E-state index in [4.69, 9.17) is 10.5 Å². The zero-order chi connectivity index (χ0) is 11.9. The highest BCUT2D eigenvalue weighted by atomic mass is 16.5. The standard InChI is InChI=1S/C14H22N2O/c15-9-14-8-13(6-7-16-14)11-17-10-12-4-2-1-3-5-12/h6-8,12H,1-5,9-11,15H2. The Bertz CT molecular complexity index is 335. The van der Waals surface area contributed by atoms with Gasteiger partial charge in [-0.15, -0.1) is 0 Å². The maximum Gasteiger partial charge on any atom is 0.0718 e. The van der Waals surface area contributed by atoms with Gasteiger partial charge in [0.1, 0.15) is 0 Å². The summed E-state index contributed by atoms with van der Waals surface area (Å²) in [6, 6.07) is 4.03. The van der Waals surface area contributed by atoms with E-state index in [1.54, 1.807) is 0 Å². The van der Waals surface area contributed by atoms with Gasteiger partial charge >= 0.3 is 0 Å². The van der Waals surface area contributed by atoms with Crippen molar-refractivity contribution in [3.05, 3.63) is 29.6 Å². The Morgan fingerprint density at radius 1 is 1.29 bits per heavy atom. The van der Waals surface area contributed by atoms with E-state index in [0.29, 0.717) is 13.2 Å². The van der Waals surface area contributed by atoms with Crippen molar-refractivity contribution >= 4 is 0 Å². The molecule has 1 aromatic heterocycles. The number of ether oxygens (including phenoxy) is 1. The zero-order valence-electron chi connectivity index (χ0n) is 10.4. The van der Waals surface area contributed by atoms with E-state index in [2.05, 4.69) is 4.98 Å². The summed E-state index contributed by atoms with van der Waals surface area (Å²) in [6.45, 7) is 2.09. The maximum absolute atomic E-state index is 5.79. The van der Waals surface area contributed by atoms with Gasteiger partial charge in [0.25, 0.3) is 0 Å². The SMILES string of the molecule is NCc1cc(COCC2CCCCC2)ccn1. The van der Waals surface area contributed by atoms with Gasteiger partial charge in [0.2, 0.25) is 0 Å². The molecule has 0 aromatic carbocycles. The number of hydrogen-bond acceptors (Lipinski definition) is 3. The molecule has 0 atom stereocenters. The summed E-state index contributed by atoms with van der Waals surface area (Å²) < 4.78 is 5.79. The first-order chi connectivity index (χ1) is 8.38. The largest absolute Gasteiger partial charge is 0.376 e. The Balaban J connectivity index is 1.73. The van der Waals surface area contributed by atoms with Gasteiger partial charge in [-0.1, -0.05) is 19.3 Å². The quantitative estimate of drug-likeness (QED) is 0.852. The summed E-state index contributed by atoms with van der Waals surface area (Å²) in [7, 11) is 0. The monoisotopic (exact) mass is 234 g/mol. The van der Waals surface area contributed by atoms with E-state index >= 15 is 0 Å². The predicted molar refractivity (Wildman–Crippen MR) is 68.4 cm³/mol. The Morgan fingerprint density at radius 2 is 2.12 bits per heavy atom. The van der Waals surface area contributed by atoms with E-state index in [9.17, 15) is 0 Å². The molecule has 3 nitrogen and oxygen atoms in total. The molecule has 0 amide bonds. The topological polar surface area (TPSA) is 48.1 Å². The van der Waals surface area contributed by atoms with Crippen LogP contribution in [0.4, 0.5) is 0 Å². The number of nitrogens with zero attached hydrogens (tertiary/aromatic N) is 1. The van der Waals surface area contributed by atoms with Gasteiger partial charge < -0.3 is 10.5 Å². The molecular formula is C14H22N2O. The molecule has 1 aliphatic rings. The lowest BCUT2D eigenvalue weighted by Crippen LogP contribution is -2.13. The average molecular weight is 234 g/mol. The summed E-state index contributed by atoms with van der Waals surface area (Å²) in [4.78, 5) is 4.18. The lowest BCUT2D eigenvalue weighted by Gasteiger charge is -2.21. The van der Waals surface area contributed by atoms with E-state index in [1.807, 2.05) is 18.3 Å². The molecule has 2 N–H and O–H groups in total. The molecule has 0 radical (unpaired) electrons. The molecule has 3 heteroatoms. The lowest BCUT2D eigenvalue weighted by molar-refractivity contribution is 0.0738. The van der Waals surface area contributed by atoms with Gasteiger partial charge in [-0.3, -0.25) is 4.98 Å². The van der Waals surface area contributed by atoms with Crippen molar-refractivity contribution < 1.29 is 4.74 Å². The first kappa shape index (κ1) is 12.5. The fraction of sp³-hybridized carbons (Fsp3) is 0.643. The van der Waals surface area contributed by atoms with E-state index in [1.165, 1.54) is 37.7 Å². The number of hydrogen-bond donors (Lipinski definition) is 1. The molecule has 1 fully saturated rings. The zero-order valence-corrected chi connectivity index (χ0v) is 10.4. The van der Waals surface area contributed by atoms with Crippen molar-refractivity contribution in [1.29, 1.82) is 0 Å². The Morgan fingerprint density at radius 3 is 2.88 bits per heavy atom. The molecule has 0 saturated heterocycles. The Hall–Kier alpha value is -0.930. The van der Waals surface area contributed by atoms with Crippen LogP contribution in [-0.4, -0.2) is 11.6 Å². The molecule has 0 bridgehead atoms. The van der Waals surface area contributed by atoms with Crippen molar-refractivity contribution in [1.82, 2.24) is 4.98 Å². The molecule has 17 heavy (non-hydrogen) atoms. The second-order valence-electron chi connectivity index (χ2n) is 4.88. The van der Waals surface area contributed by atoms with E-state index in [0.717, 1.165) is 18.2 Å². The molecule has 94 valence electrons. The summed E-state index contributed by atoms with van der Waals surface area (Å²) in [5.41, 5.74) is 7.67. The van der Waals surface area contributed by atoms with Crippen LogP contribution in [0.15, 0.2) is 18.3 Å². The first-order valence-corrected chi connectivity index (χ1v) is 6.60. The van der Waals surface area contributed by atoms with Gasteiger partial charge in [0.05, 0.1) is 12.3 Å². The number of pyridine rings is 1. The normalized spacial score (nSPS) is 17.2. The van der Waals surface area contributed by atoms with E-state index < -0.39 is 0 Å². The third-order valence-corrected chi connectivity index (χ3v) is 3.44. The van der Waals surface area contributed by atoms with Crippen LogP contribution in [0.5, 0.6) is 0 Å². The van der Waals surface area contributed by atoms with Crippen molar-refractivity contribution in [3.8, 4) is 0 Å². The third kappa shape index (κ3) is 4.10. The minimum atomic E-state index is 0.496. The predicted octanol–water partition coefficient (Wildman–Crippen LogP) is 2.64. The minimum Gasteiger partial charge on any atom is -0.376 e. The van der Waals surface area contributed by atoms with Crippen molar-refractivity contribution in [3.63, 3.8) is 0 Å². The first-order valence-electron chi connectivity index (χ1n) is 6.60. The van der Waals surface area contributed by atoms with Crippen LogP contribution in [0.3, 0.4) is 0 Å². The highest BCUT2D eigenvalue weighted by Crippen LogP contribution is 2.23. The number of rotatable bonds is 5. The Kier molecular flexibility index (Phi) is 4.95. The molecule has 0 aliphatic heterocycles. The van der Waals surface area contributed by atoms with Gasteiger partial charge in [0.15, 0.2) is 0 Å². The van der Waals surface area contributed by atoms with Crippen LogP contribution in [0, 0.1) is 5.92 Å². The van der Waals surface area contributed by atoms with Crippen LogP contribution >= 0.6 is 0 Å². The van der Waals surface area contributed by atoms with Crippen LogP contribution in [0.25, 0.3) is 0 Å². The van der Waals surface area contributed by atoms with Crippen molar-refractivity contribution in [2.75, 3.05) is 6.61 Å². The molecular weight excluding hydrogens is 212 g/mol. The molecule has 1 heterocycles. The smallest absolute Gasteiger partial charge is 0.0718 e. The molecule has 1 aromatic rings. The lowest BCUT2D eigenvalue weighted by atomic mass is 9.90. The van der Waals surface area contributed by atoms with Crippen LogP contribution < -0.4 is 5.73 Å². The number of nitrogens with two attached hydrogens (primary N) is 1. The van der Waals surface area contributed by atoms with Gasteiger partial charge in [-0.2, -0.15) is 0 Å². The van der Waals surface area contributed by atoms with Crippen LogP contribution in [0.2, 0.25) is 0 Å². The minimum absolute atomic E-state index is 0.496. The summed E-state index contributed by atoms with van der Waals surface area (Å²) in [5, 5.41) is 0. The van der Waals surface area contributed by atoms with Crippen molar-refractivity contribution in [2.45, 2.75) is 45.3 Å². The average Bonchev–Trinajstić information content (AvgIpc) is 2.40. The van der Waals surface area contributed by atoms with Crippen LogP contribution in [-0.2, 0) is 17.9 Å². The second kappa shape index (κ2) is 6.72. The molecule has 0 unspecified atom stereocenters. The molecule has 0 spiro atoms. The van der Waals surface area contributed by atoms with E-state index in [-0.39, 0.29) is 0 Å². The summed E-state index contributed by atoms with van der Waals surface area (Å²) >= 11 is 0. The highest BCUT2D eigenvalue weighted by molar-refractivity contribution is 5.15.